The zero-order valence-corrected chi connectivity index (χ0v) is 18.3. The van der Waals surface area contributed by atoms with Gasteiger partial charge in [-0.05, 0) is 36.6 Å². The van der Waals surface area contributed by atoms with E-state index in [1.165, 1.54) is 6.20 Å². The monoisotopic (exact) mass is 442 g/mol. The molecular formula is C22H30N6O4. The van der Waals surface area contributed by atoms with Crippen LogP contribution in [-0.4, -0.2) is 47.1 Å². The molecule has 1 saturated heterocycles. The Kier molecular flexibility index (Phi) is 7.82. The van der Waals surface area contributed by atoms with Gasteiger partial charge in [0.15, 0.2) is 0 Å². The fourth-order valence-corrected chi connectivity index (χ4v) is 3.34. The average Bonchev–Trinajstić information content (AvgIpc) is 2.75. The Hall–Kier alpha value is -3.40. The number of nitrogens with two attached hydrogens (primary N) is 2. The maximum Gasteiger partial charge on any atom is 0.254 e. The van der Waals surface area contributed by atoms with Gasteiger partial charge in [0.2, 0.25) is 11.9 Å². The number of hydrogen-bond acceptors (Lipinski definition) is 8. The van der Waals surface area contributed by atoms with E-state index in [1.54, 1.807) is 0 Å². The first kappa shape index (κ1) is 23.3. The number of benzene rings is 1. The Balaban J connectivity index is 1.74. The fraction of sp³-hybridized carbons (Fsp3) is 0.455. The minimum Gasteiger partial charge on any atom is -0.490 e. The Morgan fingerprint density at radius 3 is 2.47 bits per heavy atom. The first-order valence-corrected chi connectivity index (χ1v) is 10.7. The number of carbonyl (C=O) groups is 2. The lowest BCUT2D eigenvalue weighted by Crippen LogP contribution is -2.37. The predicted octanol–water partition coefficient (Wildman–Crippen LogP) is 2.19. The van der Waals surface area contributed by atoms with Crippen LogP contribution in [-0.2, 0) is 9.53 Å². The highest BCUT2D eigenvalue weighted by atomic mass is 16.5. The Morgan fingerprint density at radius 2 is 1.88 bits per heavy atom. The van der Waals surface area contributed by atoms with Gasteiger partial charge >= 0.3 is 0 Å². The number of amides is 2. The van der Waals surface area contributed by atoms with Crippen molar-refractivity contribution in [2.75, 3.05) is 23.8 Å². The Morgan fingerprint density at radius 1 is 1.19 bits per heavy atom. The van der Waals surface area contributed by atoms with Crippen LogP contribution in [0.15, 0.2) is 30.5 Å². The van der Waals surface area contributed by atoms with E-state index in [0.29, 0.717) is 25.3 Å². The van der Waals surface area contributed by atoms with Crippen LogP contribution in [0.5, 0.6) is 5.75 Å². The molecule has 2 aromatic rings. The van der Waals surface area contributed by atoms with E-state index >= 15 is 0 Å². The standard InChI is InChI=1S/C22H30N6O4/c1-13(2)11-18(20(24)30)27-22-25-12-17(19(23)29)21(28-22)26-14-3-5-15(6-4-14)32-16-7-9-31-10-8-16/h3-6,12-13,16,18H,7-11H2,1-2H3,(H2,23,29)(H2,24,30)(H2,25,26,27,28). The lowest BCUT2D eigenvalue weighted by molar-refractivity contribution is -0.119. The number of aromatic nitrogens is 2. The molecular weight excluding hydrogens is 412 g/mol. The molecule has 3 rings (SSSR count). The Labute approximate surface area is 187 Å². The third kappa shape index (κ3) is 6.55. The van der Waals surface area contributed by atoms with E-state index in [1.807, 2.05) is 38.1 Å². The number of rotatable bonds is 10. The number of carbonyl (C=O) groups excluding carboxylic acids is 2. The minimum absolute atomic E-state index is 0.123. The first-order chi connectivity index (χ1) is 15.3. The van der Waals surface area contributed by atoms with Crippen LogP contribution in [0.4, 0.5) is 17.5 Å². The molecule has 0 saturated carbocycles. The lowest BCUT2D eigenvalue weighted by Gasteiger charge is -2.23. The molecule has 0 aliphatic carbocycles. The molecule has 0 radical (unpaired) electrons. The number of hydrogen-bond donors (Lipinski definition) is 4. The van der Waals surface area contributed by atoms with E-state index in [4.69, 9.17) is 20.9 Å². The van der Waals surface area contributed by atoms with Gasteiger partial charge in [-0.3, -0.25) is 9.59 Å². The summed E-state index contributed by atoms with van der Waals surface area (Å²) in [6.45, 7) is 5.38. The van der Waals surface area contributed by atoms with Crippen LogP contribution in [0.2, 0.25) is 0 Å². The third-order valence-corrected chi connectivity index (χ3v) is 5.00. The molecule has 0 bridgehead atoms. The molecule has 1 unspecified atom stereocenters. The summed E-state index contributed by atoms with van der Waals surface area (Å²) in [6.07, 6.45) is 3.70. The van der Waals surface area contributed by atoms with Crippen molar-refractivity contribution < 1.29 is 19.1 Å². The average molecular weight is 443 g/mol. The number of primary amides is 2. The molecule has 2 amide bonds. The molecule has 1 fully saturated rings. The van der Waals surface area contributed by atoms with Gasteiger partial charge in [0.25, 0.3) is 5.91 Å². The highest BCUT2D eigenvalue weighted by Crippen LogP contribution is 2.24. The van der Waals surface area contributed by atoms with Crippen molar-refractivity contribution in [1.82, 2.24) is 9.97 Å². The first-order valence-electron chi connectivity index (χ1n) is 10.7. The van der Waals surface area contributed by atoms with Crippen molar-refractivity contribution in [3.8, 4) is 5.75 Å². The van der Waals surface area contributed by atoms with Gasteiger partial charge in [0.1, 0.15) is 29.3 Å². The van der Waals surface area contributed by atoms with Crippen LogP contribution >= 0.6 is 0 Å². The van der Waals surface area contributed by atoms with Crippen LogP contribution in [0.25, 0.3) is 0 Å². The minimum atomic E-state index is -0.674. The fourth-order valence-electron chi connectivity index (χ4n) is 3.34. The molecule has 2 heterocycles. The van der Waals surface area contributed by atoms with E-state index in [9.17, 15) is 9.59 Å². The third-order valence-electron chi connectivity index (χ3n) is 5.00. The molecule has 1 aromatic carbocycles. The highest BCUT2D eigenvalue weighted by Gasteiger charge is 2.20. The van der Waals surface area contributed by atoms with Crippen molar-refractivity contribution in [2.45, 2.75) is 45.3 Å². The smallest absolute Gasteiger partial charge is 0.254 e. The van der Waals surface area contributed by atoms with Gasteiger partial charge in [-0.25, -0.2) is 4.98 Å². The summed E-state index contributed by atoms with van der Waals surface area (Å²) < 4.78 is 11.3. The van der Waals surface area contributed by atoms with Crippen LogP contribution < -0.4 is 26.8 Å². The molecule has 6 N–H and O–H groups in total. The van der Waals surface area contributed by atoms with Gasteiger partial charge in [0, 0.05) is 24.7 Å². The predicted molar refractivity (Wildman–Crippen MR) is 121 cm³/mol. The molecule has 1 aromatic heterocycles. The molecule has 1 aliphatic rings. The van der Waals surface area contributed by atoms with Gasteiger partial charge in [-0.1, -0.05) is 13.8 Å². The second-order valence-corrected chi connectivity index (χ2v) is 8.13. The van der Waals surface area contributed by atoms with Crippen LogP contribution in [0.3, 0.4) is 0 Å². The van der Waals surface area contributed by atoms with Crippen LogP contribution in [0.1, 0.15) is 43.5 Å². The number of nitrogens with zero attached hydrogens (tertiary/aromatic N) is 2. The summed E-state index contributed by atoms with van der Waals surface area (Å²) in [5, 5.41) is 6.02. The zero-order chi connectivity index (χ0) is 23.1. The Bertz CT molecular complexity index is 929. The number of ether oxygens (including phenoxy) is 2. The summed E-state index contributed by atoms with van der Waals surface area (Å²) in [4.78, 5) is 32.1. The van der Waals surface area contributed by atoms with E-state index in [0.717, 1.165) is 18.6 Å². The number of nitrogens with one attached hydrogen (secondary N) is 2. The summed E-state index contributed by atoms with van der Waals surface area (Å²) >= 11 is 0. The summed E-state index contributed by atoms with van der Waals surface area (Å²) in [6, 6.07) is 6.69. The molecule has 32 heavy (non-hydrogen) atoms. The van der Waals surface area contributed by atoms with Gasteiger partial charge in [0.05, 0.1) is 13.2 Å². The topological polar surface area (TPSA) is 154 Å². The quantitative estimate of drug-likeness (QED) is 0.436. The van der Waals surface area contributed by atoms with Crippen LogP contribution in [0, 0.1) is 5.92 Å². The van der Waals surface area contributed by atoms with Crippen molar-refractivity contribution in [3.05, 3.63) is 36.0 Å². The molecule has 172 valence electrons. The van der Waals surface area contributed by atoms with Crippen molar-refractivity contribution >= 4 is 29.3 Å². The molecule has 10 nitrogen and oxygen atoms in total. The summed E-state index contributed by atoms with van der Waals surface area (Å²) in [7, 11) is 0. The number of anilines is 3. The van der Waals surface area contributed by atoms with Crippen molar-refractivity contribution in [2.24, 2.45) is 17.4 Å². The van der Waals surface area contributed by atoms with Gasteiger partial charge in [-0.15, -0.1) is 0 Å². The maximum atomic E-state index is 11.9. The highest BCUT2D eigenvalue weighted by molar-refractivity contribution is 5.98. The molecule has 0 spiro atoms. The van der Waals surface area contributed by atoms with Gasteiger partial charge < -0.3 is 31.6 Å². The molecule has 1 aliphatic heterocycles. The maximum absolute atomic E-state index is 11.9. The van der Waals surface area contributed by atoms with E-state index < -0.39 is 17.9 Å². The SMILES string of the molecule is CC(C)CC(Nc1ncc(C(N)=O)c(Nc2ccc(OC3CCOCC3)cc2)n1)C(N)=O. The second kappa shape index (κ2) is 10.8. The van der Waals surface area contributed by atoms with E-state index in [2.05, 4.69) is 20.6 Å². The zero-order valence-electron chi connectivity index (χ0n) is 18.3. The second-order valence-electron chi connectivity index (χ2n) is 8.13. The lowest BCUT2D eigenvalue weighted by atomic mass is 10.0. The van der Waals surface area contributed by atoms with Crippen molar-refractivity contribution in [3.63, 3.8) is 0 Å². The molecule has 10 heteroatoms. The normalized spacial score (nSPS) is 15.2. The summed E-state index contributed by atoms with van der Waals surface area (Å²) in [5.74, 6) is 0.204. The summed E-state index contributed by atoms with van der Waals surface area (Å²) in [5.41, 5.74) is 11.8. The van der Waals surface area contributed by atoms with Crippen molar-refractivity contribution in [1.29, 1.82) is 0 Å². The van der Waals surface area contributed by atoms with Gasteiger partial charge in [-0.2, -0.15) is 4.98 Å². The van der Waals surface area contributed by atoms with E-state index in [-0.39, 0.29) is 29.4 Å². The largest absolute Gasteiger partial charge is 0.490 e. The molecule has 1 atom stereocenters.